The van der Waals surface area contributed by atoms with Crippen molar-refractivity contribution in [3.63, 3.8) is 0 Å². The molecule has 1 amide bonds. The second-order valence-corrected chi connectivity index (χ2v) is 7.48. The third-order valence-corrected chi connectivity index (χ3v) is 5.89. The first kappa shape index (κ1) is 16.1. The van der Waals surface area contributed by atoms with Crippen molar-refractivity contribution < 1.29 is 9.32 Å². The molecule has 1 unspecified atom stereocenters. The summed E-state index contributed by atoms with van der Waals surface area (Å²) in [5.74, 6) is 0.734. The maximum absolute atomic E-state index is 12.9. The first-order valence-electron chi connectivity index (χ1n) is 8.37. The van der Waals surface area contributed by atoms with Gasteiger partial charge in [0, 0.05) is 12.1 Å². The number of hydrogen-bond donors (Lipinski definition) is 0. The number of amides is 1. The molecule has 2 aromatic heterocycles. The molecule has 0 N–H and O–H groups in total. The molecule has 6 nitrogen and oxygen atoms in total. The summed E-state index contributed by atoms with van der Waals surface area (Å²) >= 11 is 1.34. The third kappa shape index (κ3) is 2.68. The van der Waals surface area contributed by atoms with E-state index in [1.807, 2.05) is 36.9 Å². The van der Waals surface area contributed by atoms with Gasteiger partial charge in [-0.05, 0) is 38.8 Å². The SMILES string of the molecule is Cc1noc(C)c1C1CCCN1C(=O)Cn1sc2ccccc2c1=O. The Balaban J connectivity index is 1.61. The van der Waals surface area contributed by atoms with Crippen LogP contribution in [0.4, 0.5) is 0 Å². The van der Waals surface area contributed by atoms with Gasteiger partial charge in [0.15, 0.2) is 0 Å². The van der Waals surface area contributed by atoms with Gasteiger partial charge in [0.25, 0.3) is 5.56 Å². The van der Waals surface area contributed by atoms with Crippen molar-refractivity contribution in [3.8, 4) is 0 Å². The summed E-state index contributed by atoms with van der Waals surface area (Å²) in [6.07, 6.45) is 1.84. The number of hydrogen-bond acceptors (Lipinski definition) is 5. The highest BCUT2D eigenvalue weighted by Crippen LogP contribution is 2.35. The summed E-state index contributed by atoms with van der Waals surface area (Å²) in [4.78, 5) is 27.2. The van der Waals surface area contributed by atoms with E-state index in [4.69, 9.17) is 4.52 Å². The fraction of sp³-hybridized carbons (Fsp3) is 0.389. The fourth-order valence-electron chi connectivity index (χ4n) is 3.67. The van der Waals surface area contributed by atoms with E-state index in [-0.39, 0.29) is 24.1 Å². The highest BCUT2D eigenvalue weighted by atomic mass is 32.1. The molecule has 0 spiro atoms. The van der Waals surface area contributed by atoms with E-state index in [1.54, 1.807) is 10.0 Å². The molecule has 7 heteroatoms. The van der Waals surface area contributed by atoms with E-state index < -0.39 is 0 Å². The first-order valence-corrected chi connectivity index (χ1v) is 9.14. The number of rotatable bonds is 3. The Hall–Kier alpha value is -2.41. The van der Waals surface area contributed by atoms with Crippen LogP contribution in [-0.2, 0) is 11.3 Å². The molecule has 0 bridgehead atoms. The molecule has 3 heterocycles. The van der Waals surface area contributed by atoms with Crippen molar-refractivity contribution in [2.45, 2.75) is 39.3 Å². The van der Waals surface area contributed by atoms with Gasteiger partial charge in [-0.2, -0.15) is 0 Å². The molecule has 25 heavy (non-hydrogen) atoms. The highest BCUT2D eigenvalue weighted by Gasteiger charge is 2.34. The van der Waals surface area contributed by atoms with Crippen LogP contribution in [0.3, 0.4) is 0 Å². The molecule has 3 aromatic rings. The van der Waals surface area contributed by atoms with Gasteiger partial charge in [0.1, 0.15) is 12.3 Å². The highest BCUT2D eigenvalue weighted by molar-refractivity contribution is 7.13. The topological polar surface area (TPSA) is 68.3 Å². The van der Waals surface area contributed by atoms with Crippen molar-refractivity contribution >= 4 is 27.5 Å². The maximum Gasteiger partial charge on any atom is 0.268 e. The molecule has 1 fully saturated rings. The minimum Gasteiger partial charge on any atom is -0.361 e. The number of carbonyl (C=O) groups is 1. The Morgan fingerprint density at radius 1 is 1.36 bits per heavy atom. The Morgan fingerprint density at radius 2 is 2.16 bits per heavy atom. The van der Waals surface area contributed by atoms with Crippen LogP contribution < -0.4 is 5.56 Å². The number of fused-ring (bicyclic) bond motifs is 1. The van der Waals surface area contributed by atoms with Crippen LogP contribution in [0.2, 0.25) is 0 Å². The molecule has 4 rings (SSSR count). The summed E-state index contributed by atoms with van der Waals surface area (Å²) in [5, 5.41) is 4.69. The van der Waals surface area contributed by atoms with Crippen LogP contribution in [0.1, 0.15) is 35.9 Å². The lowest BCUT2D eigenvalue weighted by molar-refractivity contribution is -0.132. The second-order valence-electron chi connectivity index (χ2n) is 6.41. The number of carbonyl (C=O) groups excluding carboxylic acids is 1. The normalized spacial score (nSPS) is 17.5. The number of aromatic nitrogens is 2. The predicted octanol–water partition coefficient (Wildman–Crippen LogP) is 3.03. The smallest absolute Gasteiger partial charge is 0.268 e. The molecule has 1 aliphatic rings. The number of benzene rings is 1. The minimum atomic E-state index is -0.0953. The van der Waals surface area contributed by atoms with Crippen molar-refractivity contribution in [2.75, 3.05) is 6.54 Å². The van der Waals surface area contributed by atoms with Crippen LogP contribution >= 0.6 is 11.5 Å². The molecule has 1 atom stereocenters. The lowest BCUT2D eigenvalue weighted by atomic mass is 10.0. The van der Waals surface area contributed by atoms with E-state index in [1.165, 1.54) is 11.5 Å². The van der Waals surface area contributed by atoms with Gasteiger partial charge in [-0.15, -0.1) is 0 Å². The van der Waals surface area contributed by atoms with Gasteiger partial charge >= 0.3 is 0 Å². The van der Waals surface area contributed by atoms with E-state index >= 15 is 0 Å². The van der Waals surface area contributed by atoms with Gasteiger partial charge in [-0.3, -0.25) is 13.5 Å². The summed E-state index contributed by atoms with van der Waals surface area (Å²) in [7, 11) is 0. The molecule has 0 aliphatic carbocycles. The average Bonchev–Trinajstić information content (AvgIpc) is 3.27. The van der Waals surface area contributed by atoms with E-state index in [9.17, 15) is 9.59 Å². The Morgan fingerprint density at radius 3 is 2.88 bits per heavy atom. The molecule has 0 radical (unpaired) electrons. The maximum atomic E-state index is 12.9. The fourth-order valence-corrected chi connectivity index (χ4v) is 4.65. The van der Waals surface area contributed by atoms with Gasteiger partial charge < -0.3 is 9.42 Å². The van der Waals surface area contributed by atoms with Crippen LogP contribution in [0.15, 0.2) is 33.6 Å². The van der Waals surface area contributed by atoms with Crippen LogP contribution in [0, 0.1) is 13.8 Å². The molecule has 130 valence electrons. The summed E-state index contributed by atoms with van der Waals surface area (Å²) in [6.45, 7) is 4.57. The first-order chi connectivity index (χ1) is 12.1. The van der Waals surface area contributed by atoms with Crippen molar-refractivity contribution in [1.29, 1.82) is 0 Å². The zero-order valence-electron chi connectivity index (χ0n) is 14.2. The second kappa shape index (κ2) is 6.15. The van der Waals surface area contributed by atoms with E-state index in [2.05, 4.69) is 5.16 Å². The van der Waals surface area contributed by atoms with Crippen molar-refractivity contribution in [2.24, 2.45) is 0 Å². The molecule has 1 saturated heterocycles. The van der Waals surface area contributed by atoms with E-state index in [0.717, 1.165) is 34.6 Å². The third-order valence-electron chi connectivity index (χ3n) is 4.83. The van der Waals surface area contributed by atoms with Gasteiger partial charge in [-0.1, -0.05) is 28.8 Å². The Labute approximate surface area is 148 Å². The Kier molecular flexibility index (Phi) is 3.95. The van der Waals surface area contributed by atoms with Gasteiger partial charge in [0.2, 0.25) is 5.91 Å². The summed E-state index contributed by atoms with van der Waals surface area (Å²) < 4.78 is 7.73. The van der Waals surface area contributed by atoms with Gasteiger partial charge in [0.05, 0.1) is 21.8 Å². The number of aryl methyl sites for hydroxylation is 2. The zero-order chi connectivity index (χ0) is 17.6. The zero-order valence-corrected chi connectivity index (χ0v) is 15.0. The number of nitrogens with zero attached hydrogens (tertiary/aromatic N) is 3. The lowest BCUT2D eigenvalue weighted by Crippen LogP contribution is -2.35. The van der Waals surface area contributed by atoms with Gasteiger partial charge in [-0.25, -0.2) is 0 Å². The van der Waals surface area contributed by atoms with Crippen LogP contribution in [0.25, 0.3) is 10.1 Å². The van der Waals surface area contributed by atoms with Crippen molar-refractivity contribution in [1.82, 2.24) is 14.0 Å². The van der Waals surface area contributed by atoms with Crippen LogP contribution in [-0.4, -0.2) is 26.5 Å². The van der Waals surface area contributed by atoms with Crippen molar-refractivity contribution in [3.05, 3.63) is 51.6 Å². The Bertz CT molecular complexity index is 981. The quantitative estimate of drug-likeness (QED) is 0.722. The average molecular weight is 357 g/mol. The predicted molar refractivity (Wildman–Crippen MR) is 95.8 cm³/mol. The largest absolute Gasteiger partial charge is 0.361 e. The molecular weight excluding hydrogens is 338 g/mol. The summed E-state index contributed by atoms with van der Waals surface area (Å²) in [5.41, 5.74) is 1.75. The molecule has 1 aliphatic heterocycles. The van der Waals surface area contributed by atoms with Crippen LogP contribution in [0.5, 0.6) is 0 Å². The monoisotopic (exact) mass is 357 g/mol. The minimum absolute atomic E-state index is 0.0103. The molecular formula is C18H19N3O3S. The standard InChI is InChI=1S/C18H19N3O3S/c1-11-17(12(2)24-19-11)14-7-5-9-20(14)16(22)10-21-18(23)13-6-3-4-8-15(13)25-21/h3-4,6,8,14H,5,7,9-10H2,1-2H3. The number of likely N-dealkylation sites (tertiary alicyclic amines) is 1. The molecule has 0 saturated carbocycles. The molecule has 1 aromatic carbocycles. The lowest BCUT2D eigenvalue weighted by Gasteiger charge is -2.24. The van der Waals surface area contributed by atoms with E-state index in [0.29, 0.717) is 11.9 Å². The summed E-state index contributed by atoms with van der Waals surface area (Å²) in [6, 6.07) is 7.45.